The van der Waals surface area contributed by atoms with Crippen molar-refractivity contribution in [1.82, 2.24) is 4.98 Å². The summed E-state index contributed by atoms with van der Waals surface area (Å²) in [6.07, 6.45) is 4.07. The standard InChI is InChI=1S/C27H25N7O2/c1-4-23(34(35)36)16-15-19(2)32-33-25-20(3)24(17-28)26(30-22-13-9-6-10-14-22)31-27(25)29-18-21-11-7-5-8-12-21/h4-16H,2,18H2,1,3H3,(H2,29,30,31)/b16-15-,23-4+,33-32?. The molecule has 2 N–H and O–H groups in total. The number of azo groups is 1. The molecule has 1 aromatic heterocycles. The van der Waals surface area contributed by atoms with Crippen LogP contribution in [0.25, 0.3) is 0 Å². The number of nitriles is 1. The Hall–Kier alpha value is -5.10. The van der Waals surface area contributed by atoms with Crippen LogP contribution in [0, 0.1) is 28.4 Å². The van der Waals surface area contributed by atoms with Gasteiger partial charge in [-0.05, 0) is 43.7 Å². The molecule has 0 fully saturated rings. The third-order valence-electron chi connectivity index (χ3n) is 5.10. The van der Waals surface area contributed by atoms with E-state index in [2.05, 4.69) is 38.5 Å². The number of nitrogens with one attached hydrogen (secondary N) is 2. The molecule has 1 heterocycles. The molecule has 9 nitrogen and oxygen atoms in total. The van der Waals surface area contributed by atoms with E-state index in [1.54, 1.807) is 13.8 Å². The van der Waals surface area contributed by atoms with Crippen LogP contribution in [0.4, 0.5) is 23.0 Å². The SMILES string of the molecule is C=C(/C=C\C(=C/C)[N+](=O)[O-])N=Nc1c(NCc2ccccc2)nc(Nc2ccccc2)c(C#N)c1C. The lowest BCUT2D eigenvalue weighted by Crippen LogP contribution is -2.07. The molecule has 0 radical (unpaired) electrons. The average Bonchev–Trinajstić information content (AvgIpc) is 2.88. The molecule has 0 saturated carbocycles. The molecule has 3 rings (SSSR count). The number of aromatic nitrogens is 1. The van der Waals surface area contributed by atoms with Gasteiger partial charge in [-0.2, -0.15) is 10.4 Å². The molecule has 0 aliphatic rings. The number of pyridine rings is 1. The maximum absolute atomic E-state index is 11.0. The fourth-order valence-electron chi connectivity index (χ4n) is 3.20. The molecule has 2 aromatic carbocycles. The quantitative estimate of drug-likeness (QED) is 0.140. The van der Waals surface area contributed by atoms with Gasteiger partial charge in [-0.25, -0.2) is 4.98 Å². The Kier molecular flexibility index (Phi) is 8.78. The van der Waals surface area contributed by atoms with Gasteiger partial charge in [-0.15, -0.1) is 5.11 Å². The third kappa shape index (κ3) is 6.71. The minimum absolute atomic E-state index is 0.0856. The molecule has 3 aromatic rings. The van der Waals surface area contributed by atoms with Gasteiger partial charge in [0.1, 0.15) is 11.8 Å². The zero-order chi connectivity index (χ0) is 25.9. The third-order valence-corrected chi connectivity index (χ3v) is 5.10. The number of nitro groups is 1. The van der Waals surface area contributed by atoms with Crippen LogP contribution < -0.4 is 10.6 Å². The minimum atomic E-state index is -0.502. The number of anilines is 3. The summed E-state index contributed by atoms with van der Waals surface area (Å²) in [5, 5.41) is 35.8. The van der Waals surface area contributed by atoms with E-state index in [4.69, 9.17) is 0 Å². The average molecular weight is 480 g/mol. The van der Waals surface area contributed by atoms with E-state index in [-0.39, 0.29) is 11.4 Å². The second kappa shape index (κ2) is 12.4. The van der Waals surface area contributed by atoms with Crippen molar-refractivity contribution in [2.45, 2.75) is 20.4 Å². The minimum Gasteiger partial charge on any atom is -0.364 e. The summed E-state index contributed by atoms with van der Waals surface area (Å²) >= 11 is 0. The van der Waals surface area contributed by atoms with Crippen molar-refractivity contribution in [2.75, 3.05) is 10.6 Å². The highest BCUT2D eigenvalue weighted by Gasteiger charge is 2.18. The van der Waals surface area contributed by atoms with Gasteiger partial charge in [0.05, 0.1) is 16.2 Å². The topological polar surface area (TPSA) is 129 Å². The fraction of sp³-hybridized carbons (Fsp3) is 0.111. The van der Waals surface area contributed by atoms with Crippen molar-refractivity contribution >= 4 is 23.0 Å². The molecule has 0 bridgehead atoms. The van der Waals surface area contributed by atoms with Crippen LogP contribution in [-0.4, -0.2) is 9.91 Å². The monoisotopic (exact) mass is 479 g/mol. The maximum atomic E-state index is 11.0. The van der Waals surface area contributed by atoms with Crippen molar-refractivity contribution in [3.63, 3.8) is 0 Å². The highest BCUT2D eigenvalue weighted by molar-refractivity contribution is 5.76. The van der Waals surface area contributed by atoms with Crippen LogP contribution in [0.3, 0.4) is 0 Å². The van der Waals surface area contributed by atoms with Gasteiger partial charge >= 0.3 is 0 Å². The van der Waals surface area contributed by atoms with E-state index < -0.39 is 4.92 Å². The predicted molar refractivity (Wildman–Crippen MR) is 141 cm³/mol. The van der Waals surface area contributed by atoms with Crippen LogP contribution in [0.15, 0.2) is 107 Å². The summed E-state index contributed by atoms with van der Waals surface area (Å²) < 4.78 is 0. The molecule has 36 heavy (non-hydrogen) atoms. The summed E-state index contributed by atoms with van der Waals surface area (Å²) in [6, 6.07) is 21.4. The van der Waals surface area contributed by atoms with Crippen molar-refractivity contribution in [3.05, 3.63) is 124 Å². The number of allylic oxidation sites excluding steroid dienone is 3. The Bertz CT molecular complexity index is 1370. The molecule has 0 saturated heterocycles. The lowest BCUT2D eigenvalue weighted by atomic mass is 10.1. The van der Waals surface area contributed by atoms with E-state index in [1.165, 1.54) is 18.2 Å². The van der Waals surface area contributed by atoms with Gasteiger partial charge in [-0.3, -0.25) is 10.1 Å². The zero-order valence-electron chi connectivity index (χ0n) is 20.0. The van der Waals surface area contributed by atoms with Gasteiger partial charge in [0, 0.05) is 23.9 Å². The van der Waals surface area contributed by atoms with Gasteiger partial charge in [-0.1, -0.05) is 55.1 Å². The summed E-state index contributed by atoms with van der Waals surface area (Å²) in [5.74, 6) is 0.812. The molecule has 0 aliphatic carbocycles. The van der Waals surface area contributed by atoms with Gasteiger partial charge in [0.25, 0.3) is 5.70 Å². The van der Waals surface area contributed by atoms with E-state index >= 15 is 0 Å². The largest absolute Gasteiger partial charge is 0.364 e. The molecule has 0 atom stereocenters. The second-order valence-electron chi connectivity index (χ2n) is 7.59. The van der Waals surface area contributed by atoms with Gasteiger partial charge in [0.2, 0.25) is 0 Å². The smallest absolute Gasteiger partial charge is 0.265 e. The predicted octanol–water partition coefficient (Wildman–Crippen LogP) is 6.95. The number of hydrogen-bond donors (Lipinski definition) is 2. The first-order valence-corrected chi connectivity index (χ1v) is 11.1. The molecule has 0 aliphatic heterocycles. The molecule has 180 valence electrons. The number of nitrogens with zero attached hydrogens (tertiary/aromatic N) is 5. The lowest BCUT2D eigenvalue weighted by Gasteiger charge is -2.15. The van der Waals surface area contributed by atoms with Gasteiger partial charge in [0.15, 0.2) is 11.6 Å². The first kappa shape index (κ1) is 25.5. The second-order valence-corrected chi connectivity index (χ2v) is 7.59. The summed E-state index contributed by atoms with van der Waals surface area (Å²) in [7, 11) is 0. The fourth-order valence-corrected chi connectivity index (χ4v) is 3.20. The Morgan fingerprint density at radius 1 is 1.14 bits per heavy atom. The van der Waals surface area contributed by atoms with E-state index in [1.807, 2.05) is 60.7 Å². The van der Waals surface area contributed by atoms with Crippen LogP contribution >= 0.6 is 0 Å². The first-order chi connectivity index (χ1) is 17.4. The summed E-state index contributed by atoms with van der Waals surface area (Å²) in [5.41, 5.74) is 3.20. The maximum Gasteiger partial charge on any atom is 0.265 e. The highest BCUT2D eigenvalue weighted by atomic mass is 16.6. The highest BCUT2D eigenvalue weighted by Crippen LogP contribution is 2.35. The van der Waals surface area contributed by atoms with Crippen molar-refractivity contribution < 1.29 is 4.92 Å². The number of hydrogen-bond acceptors (Lipinski definition) is 8. The van der Waals surface area contributed by atoms with E-state index in [0.29, 0.717) is 35.0 Å². The molecule has 9 heteroatoms. The Labute approximate surface area is 209 Å². The van der Waals surface area contributed by atoms with Crippen LogP contribution in [0.5, 0.6) is 0 Å². The Balaban J connectivity index is 1.99. The van der Waals surface area contributed by atoms with Crippen LogP contribution in [0.1, 0.15) is 23.6 Å². The molecular formula is C27H25N7O2. The van der Waals surface area contributed by atoms with Crippen molar-refractivity contribution in [2.24, 2.45) is 10.2 Å². The number of rotatable bonds is 10. The molecule has 0 spiro atoms. The van der Waals surface area contributed by atoms with Crippen LogP contribution in [-0.2, 0) is 6.54 Å². The lowest BCUT2D eigenvalue weighted by molar-refractivity contribution is -0.419. The van der Waals surface area contributed by atoms with Crippen molar-refractivity contribution in [1.29, 1.82) is 5.26 Å². The number of para-hydroxylation sites is 1. The summed E-state index contributed by atoms with van der Waals surface area (Å²) in [6.45, 7) is 7.60. The Morgan fingerprint density at radius 3 is 2.42 bits per heavy atom. The van der Waals surface area contributed by atoms with Crippen LogP contribution in [0.2, 0.25) is 0 Å². The Morgan fingerprint density at radius 2 is 1.81 bits per heavy atom. The molecule has 0 unspecified atom stereocenters. The van der Waals surface area contributed by atoms with Gasteiger partial charge < -0.3 is 10.6 Å². The molecule has 0 amide bonds. The van der Waals surface area contributed by atoms with E-state index in [0.717, 1.165) is 11.3 Å². The normalized spacial score (nSPS) is 11.4. The molecular weight excluding hydrogens is 454 g/mol. The zero-order valence-corrected chi connectivity index (χ0v) is 20.0. The van der Waals surface area contributed by atoms with Crippen molar-refractivity contribution in [3.8, 4) is 6.07 Å². The first-order valence-electron chi connectivity index (χ1n) is 11.1. The van der Waals surface area contributed by atoms with E-state index in [9.17, 15) is 15.4 Å². The number of benzene rings is 2. The summed E-state index contributed by atoms with van der Waals surface area (Å²) in [4.78, 5) is 15.1.